The van der Waals surface area contributed by atoms with Crippen LogP contribution in [0.15, 0.2) is 0 Å². The molecule has 0 atom stereocenters. The van der Waals surface area contributed by atoms with E-state index in [9.17, 15) is 0 Å². The summed E-state index contributed by atoms with van der Waals surface area (Å²) in [6.45, 7) is 10.8. The molecule has 0 radical (unpaired) electrons. The molecule has 0 saturated heterocycles. The van der Waals surface area contributed by atoms with Crippen molar-refractivity contribution in [3.8, 4) is 0 Å². The first-order valence-electron chi connectivity index (χ1n) is 9.35. The molecular weight excluding hydrogens is 260 g/mol. The molecule has 0 aromatic rings. The van der Waals surface area contributed by atoms with Crippen LogP contribution < -0.4 is 0 Å². The van der Waals surface area contributed by atoms with Crippen LogP contribution in [-0.2, 0) is 9.47 Å². The monoisotopic (exact) mass is 298 g/mol. The summed E-state index contributed by atoms with van der Waals surface area (Å²) in [4.78, 5) is 0. The molecule has 0 bridgehead atoms. The summed E-state index contributed by atoms with van der Waals surface area (Å²) in [5.41, 5.74) is 0. The zero-order valence-electron chi connectivity index (χ0n) is 15.1. The lowest BCUT2D eigenvalue weighted by Gasteiger charge is -2.37. The van der Waals surface area contributed by atoms with Crippen LogP contribution in [0.3, 0.4) is 0 Å². The standard InChI is InChI=1S/C19H38O2/c1-6-7-8-9-10-11-12-15-19(18-13-14-18,20-16(2)3)21-17(4)5/h16-18H,6-15H2,1-5H3. The molecule has 0 amide bonds. The first-order valence-corrected chi connectivity index (χ1v) is 9.35. The zero-order chi connectivity index (χ0) is 15.7. The molecule has 0 aromatic heterocycles. The van der Waals surface area contributed by atoms with Crippen LogP contribution in [0.1, 0.15) is 98.8 Å². The Bertz CT molecular complexity index is 246. The third-order valence-electron chi connectivity index (χ3n) is 4.20. The molecule has 0 N–H and O–H groups in total. The summed E-state index contributed by atoms with van der Waals surface area (Å²) >= 11 is 0. The van der Waals surface area contributed by atoms with E-state index in [-0.39, 0.29) is 18.0 Å². The Morgan fingerprint density at radius 3 is 1.71 bits per heavy atom. The summed E-state index contributed by atoms with van der Waals surface area (Å²) in [7, 11) is 0. The summed E-state index contributed by atoms with van der Waals surface area (Å²) < 4.78 is 12.6. The molecule has 0 aliphatic heterocycles. The Morgan fingerprint density at radius 1 is 0.810 bits per heavy atom. The first kappa shape index (κ1) is 19.0. The number of ether oxygens (including phenoxy) is 2. The van der Waals surface area contributed by atoms with Crippen molar-refractivity contribution >= 4 is 0 Å². The van der Waals surface area contributed by atoms with E-state index in [4.69, 9.17) is 9.47 Å². The fourth-order valence-electron chi connectivity index (χ4n) is 3.19. The van der Waals surface area contributed by atoms with E-state index in [1.165, 1.54) is 57.8 Å². The van der Waals surface area contributed by atoms with Gasteiger partial charge in [0.2, 0.25) is 0 Å². The number of unbranched alkanes of at least 4 members (excludes halogenated alkanes) is 6. The van der Waals surface area contributed by atoms with Gasteiger partial charge < -0.3 is 9.47 Å². The van der Waals surface area contributed by atoms with Crippen molar-refractivity contribution in [2.45, 2.75) is 117 Å². The average molecular weight is 299 g/mol. The van der Waals surface area contributed by atoms with Gasteiger partial charge in [0.05, 0.1) is 12.2 Å². The van der Waals surface area contributed by atoms with E-state index in [1.54, 1.807) is 0 Å². The van der Waals surface area contributed by atoms with Crippen LogP contribution in [0.25, 0.3) is 0 Å². The maximum atomic E-state index is 6.30. The Kier molecular flexibility index (Phi) is 8.89. The summed E-state index contributed by atoms with van der Waals surface area (Å²) in [5.74, 6) is 0.327. The smallest absolute Gasteiger partial charge is 0.171 e. The number of hydrogen-bond acceptors (Lipinski definition) is 2. The predicted molar refractivity (Wildman–Crippen MR) is 90.5 cm³/mol. The molecule has 0 spiro atoms. The fraction of sp³-hybridized carbons (Fsp3) is 1.00. The van der Waals surface area contributed by atoms with Gasteiger partial charge >= 0.3 is 0 Å². The second-order valence-electron chi connectivity index (χ2n) is 7.29. The van der Waals surface area contributed by atoms with Gasteiger partial charge in [-0.2, -0.15) is 0 Å². The van der Waals surface area contributed by atoms with Gasteiger partial charge in [0, 0.05) is 12.3 Å². The summed E-state index contributed by atoms with van der Waals surface area (Å²) in [5, 5.41) is 0. The zero-order valence-corrected chi connectivity index (χ0v) is 15.1. The number of hydrogen-bond donors (Lipinski definition) is 0. The molecule has 2 nitrogen and oxygen atoms in total. The predicted octanol–water partition coefficient (Wildman–Crippen LogP) is 6.08. The van der Waals surface area contributed by atoms with E-state index in [0.717, 1.165) is 6.42 Å². The minimum atomic E-state index is -0.300. The third kappa shape index (κ3) is 7.65. The summed E-state index contributed by atoms with van der Waals surface area (Å²) in [6.07, 6.45) is 13.5. The molecule has 1 aliphatic carbocycles. The normalized spacial score (nSPS) is 16.1. The van der Waals surface area contributed by atoms with Gasteiger partial charge in [0.25, 0.3) is 0 Å². The van der Waals surface area contributed by atoms with Crippen molar-refractivity contribution in [2.24, 2.45) is 5.92 Å². The quantitative estimate of drug-likeness (QED) is 0.303. The number of rotatable bonds is 13. The Labute approximate surface area is 133 Å². The largest absolute Gasteiger partial charge is 0.347 e. The minimum Gasteiger partial charge on any atom is -0.347 e. The maximum Gasteiger partial charge on any atom is 0.171 e. The molecule has 2 heteroatoms. The highest BCUT2D eigenvalue weighted by atomic mass is 16.7. The fourth-order valence-corrected chi connectivity index (χ4v) is 3.19. The molecule has 1 fully saturated rings. The lowest BCUT2D eigenvalue weighted by molar-refractivity contribution is -0.284. The topological polar surface area (TPSA) is 18.5 Å². The van der Waals surface area contributed by atoms with Crippen molar-refractivity contribution in [3.05, 3.63) is 0 Å². The molecule has 0 heterocycles. The van der Waals surface area contributed by atoms with E-state index in [2.05, 4.69) is 34.6 Å². The third-order valence-corrected chi connectivity index (χ3v) is 4.20. The van der Waals surface area contributed by atoms with Crippen molar-refractivity contribution in [2.75, 3.05) is 0 Å². The van der Waals surface area contributed by atoms with Crippen LogP contribution in [0, 0.1) is 5.92 Å². The highest BCUT2D eigenvalue weighted by Crippen LogP contribution is 2.46. The Morgan fingerprint density at radius 2 is 1.29 bits per heavy atom. The molecule has 1 aliphatic rings. The van der Waals surface area contributed by atoms with Gasteiger partial charge in [0.15, 0.2) is 5.79 Å². The van der Waals surface area contributed by atoms with Crippen molar-refractivity contribution in [1.82, 2.24) is 0 Å². The van der Waals surface area contributed by atoms with Crippen molar-refractivity contribution in [1.29, 1.82) is 0 Å². The average Bonchev–Trinajstić information content (AvgIpc) is 3.20. The van der Waals surface area contributed by atoms with Gasteiger partial charge in [0.1, 0.15) is 0 Å². The molecule has 0 unspecified atom stereocenters. The van der Waals surface area contributed by atoms with Gasteiger partial charge in [-0.05, 0) is 47.0 Å². The highest BCUT2D eigenvalue weighted by Gasteiger charge is 2.48. The first-order chi connectivity index (χ1) is 10.00. The minimum absolute atomic E-state index is 0.244. The second kappa shape index (κ2) is 9.84. The molecule has 1 saturated carbocycles. The van der Waals surface area contributed by atoms with E-state index >= 15 is 0 Å². The van der Waals surface area contributed by atoms with Crippen molar-refractivity contribution in [3.63, 3.8) is 0 Å². The van der Waals surface area contributed by atoms with Crippen LogP contribution in [-0.4, -0.2) is 18.0 Å². The van der Waals surface area contributed by atoms with Crippen molar-refractivity contribution < 1.29 is 9.47 Å². The van der Waals surface area contributed by atoms with E-state index in [1.807, 2.05) is 0 Å². The molecular formula is C19H38O2. The SMILES string of the molecule is CCCCCCCCCC(OC(C)C)(OC(C)C)C1CC1. The summed E-state index contributed by atoms with van der Waals surface area (Å²) in [6, 6.07) is 0. The van der Waals surface area contributed by atoms with Crippen LogP contribution in [0.4, 0.5) is 0 Å². The lowest BCUT2D eigenvalue weighted by atomic mass is 10.0. The van der Waals surface area contributed by atoms with E-state index in [0.29, 0.717) is 5.92 Å². The second-order valence-corrected chi connectivity index (χ2v) is 7.29. The highest BCUT2D eigenvalue weighted by molar-refractivity contribution is 4.90. The molecule has 126 valence electrons. The van der Waals surface area contributed by atoms with Gasteiger partial charge in [-0.25, -0.2) is 0 Å². The maximum absolute atomic E-state index is 6.30. The van der Waals surface area contributed by atoms with Crippen LogP contribution >= 0.6 is 0 Å². The van der Waals surface area contributed by atoms with Gasteiger partial charge in [-0.15, -0.1) is 0 Å². The van der Waals surface area contributed by atoms with Crippen LogP contribution in [0.5, 0.6) is 0 Å². The molecule has 1 rings (SSSR count). The Balaban J connectivity index is 2.37. The van der Waals surface area contributed by atoms with Gasteiger partial charge in [-0.3, -0.25) is 0 Å². The lowest BCUT2D eigenvalue weighted by Crippen LogP contribution is -2.42. The molecule has 0 aromatic carbocycles. The molecule has 21 heavy (non-hydrogen) atoms. The van der Waals surface area contributed by atoms with Crippen LogP contribution in [0.2, 0.25) is 0 Å². The Hall–Kier alpha value is -0.0800. The van der Waals surface area contributed by atoms with Gasteiger partial charge in [-0.1, -0.05) is 45.4 Å². The van der Waals surface area contributed by atoms with E-state index < -0.39 is 0 Å².